The molecule has 0 aliphatic carbocycles. The third-order valence-corrected chi connectivity index (χ3v) is 5.17. The molecule has 2 N–H and O–H groups in total. The van der Waals surface area contributed by atoms with Crippen molar-refractivity contribution in [2.24, 2.45) is 0 Å². The second-order valence-electron chi connectivity index (χ2n) is 4.69. The van der Waals surface area contributed by atoms with E-state index in [1.807, 2.05) is 0 Å². The molecule has 0 saturated carbocycles. The molecular formula is C12H17FN2O3S. The smallest absolute Gasteiger partial charge is 0.218 e. The highest BCUT2D eigenvalue weighted by Crippen LogP contribution is 2.16. The minimum atomic E-state index is -3.53. The Morgan fingerprint density at radius 1 is 1.37 bits per heavy atom. The maximum Gasteiger partial charge on any atom is 0.218 e. The van der Waals surface area contributed by atoms with Gasteiger partial charge >= 0.3 is 0 Å². The van der Waals surface area contributed by atoms with E-state index in [1.54, 1.807) is 0 Å². The lowest BCUT2D eigenvalue weighted by atomic mass is 10.2. The topological polar surface area (TPSA) is 69.6 Å². The summed E-state index contributed by atoms with van der Waals surface area (Å²) in [5.41, 5.74) is 0.522. The highest BCUT2D eigenvalue weighted by Gasteiger charge is 2.34. The number of hydrogen-bond donors (Lipinski definition) is 2. The Hall–Kier alpha value is -1.02. The van der Waals surface area contributed by atoms with E-state index >= 15 is 0 Å². The van der Waals surface area contributed by atoms with Crippen molar-refractivity contribution >= 4 is 10.0 Å². The van der Waals surface area contributed by atoms with Gasteiger partial charge in [-0.25, -0.2) is 12.8 Å². The SMILES string of the molecule is CN([C@H]1CNC[C@@H]1O)S(=O)(=O)Cc1ccc(F)cc1. The van der Waals surface area contributed by atoms with Crippen LogP contribution in [0, 0.1) is 5.82 Å². The molecule has 106 valence electrons. The lowest BCUT2D eigenvalue weighted by Gasteiger charge is -2.25. The van der Waals surface area contributed by atoms with Crippen molar-refractivity contribution in [3.8, 4) is 0 Å². The number of sulfonamides is 1. The Bertz CT molecular complexity index is 532. The van der Waals surface area contributed by atoms with Gasteiger partial charge in [0.15, 0.2) is 0 Å². The number of hydrogen-bond acceptors (Lipinski definition) is 4. The summed E-state index contributed by atoms with van der Waals surface area (Å²) in [6.45, 7) is 0.821. The average Bonchev–Trinajstić information content (AvgIpc) is 2.77. The Labute approximate surface area is 112 Å². The third-order valence-electron chi connectivity index (χ3n) is 3.32. The van der Waals surface area contributed by atoms with Gasteiger partial charge in [-0.2, -0.15) is 4.31 Å². The molecule has 1 fully saturated rings. The summed E-state index contributed by atoms with van der Waals surface area (Å²) in [5, 5.41) is 12.6. The van der Waals surface area contributed by atoms with Crippen LogP contribution in [-0.4, -0.2) is 50.1 Å². The normalized spacial score (nSPS) is 24.0. The molecule has 7 heteroatoms. The molecule has 1 aliphatic heterocycles. The first-order valence-electron chi connectivity index (χ1n) is 5.99. The Morgan fingerprint density at radius 2 is 2.00 bits per heavy atom. The van der Waals surface area contributed by atoms with Crippen LogP contribution in [0.2, 0.25) is 0 Å². The maximum atomic E-state index is 12.8. The van der Waals surface area contributed by atoms with Crippen molar-refractivity contribution in [3.63, 3.8) is 0 Å². The van der Waals surface area contributed by atoms with Gasteiger partial charge in [-0.15, -0.1) is 0 Å². The zero-order chi connectivity index (χ0) is 14.0. The van der Waals surface area contributed by atoms with Crippen LogP contribution in [0.25, 0.3) is 0 Å². The van der Waals surface area contributed by atoms with E-state index in [0.29, 0.717) is 18.7 Å². The van der Waals surface area contributed by atoms with Gasteiger partial charge in [0.1, 0.15) is 5.82 Å². The van der Waals surface area contributed by atoms with Crippen LogP contribution in [0.3, 0.4) is 0 Å². The van der Waals surface area contributed by atoms with Crippen LogP contribution in [-0.2, 0) is 15.8 Å². The number of benzene rings is 1. The molecule has 5 nitrogen and oxygen atoms in total. The molecule has 0 spiro atoms. The summed E-state index contributed by atoms with van der Waals surface area (Å²) >= 11 is 0. The third kappa shape index (κ3) is 3.30. The molecule has 0 aromatic heterocycles. The zero-order valence-corrected chi connectivity index (χ0v) is 11.4. The van der Waals surface area contributed by atoms with Crippen LogP contribution in [0.1, 0.15) is 5.56 Å². The van der Waals surface area contributed by atoms with E-state index in [1.165, 1.54) is 35.6 Å². The van der Waals surface area contributed by atoms with Gasteiger partial charge in [-0.3, -0.25) is 0 Å². The van der Waals surface area contributed by atoms with Crippen molar-refractivity contribution in [2.75, 3.05) is 20.1 Å². The molecule has 1 heterocycles. The molecule has 1 aliphatic rings. The van der Waals surface area contributed by atoms with Gasteiger partial charge in [-0.1, -0.05) is 12.1 Å². The predicted octanol–water partition coefficient (Wildman–Crippen LogP) is -0.0800. The van der Waals surface area contributed by atoms with Gasteiger partial charge < -0.3 is 10.4 Å². The molecule has 1 saturated heterocycles. The minimum Gasteiger partial charge on any atom is -0.390 e. The minimum absolute atomic E-state index is 0.201. The number of rotatable bonds is 4. The van der Waals surface area contributed by atoms with Crippen molar-refractivity contribution in [1.29, 1.82) is 0 Å². The predicted molar refractivity (Wildman–Crippen MR) is 69.5 cm³/mol. The van der Waals surface area contributed by atoms with Gasteiger partial charge in [0.2, 0.25) is 10.0 Å². The van der Waals surface area contributed by atoms with Crippen LogP contribution in [0.4, 0.5) is 4.39 Å². The van der Waals surface area contributed by atoms with Gasteiger partial charge in [-0.05, 0) is 17.7 Å². The summed E-state index contributed by atoms with van der Waals surface area (Å²) < 4.78 is 38.4. The zero-order valence-electron chi connectivity index (χ0n) is 10.6. The van der Waals surface area contributed by atoms with Crippen LogP contribution >= 0.6 is 0 Å². The lowest BCUT2D eigenvalue weighted by molar-refractivity contribution is 0.136. The fraction of sp³-hybridized carbons (Fsp3) is 0.500. The molecule has 19 heavy (non-hydrogen) atoms. The first-order chi connectivity index (χ1) is 8.90. The second kappa shape index (κ2) is 5.54. The summed E-state index contributed by atoms with van der Waals surface area (Å²) in [5.74, 6) is -0.600. The van der Waals surface area contributed by atoms with E-state index in [9.17, 15) is 17.9 Å². The van der Waals surface area contributed by atoms with Crippen LogP contribution < -0.4 is 5.32 Å². The lowest BCUT2D eigenvalue weighted by Crippen LogP contribution is -2.44. The first-order valence-corrected chi connectivity index (χ1v) is 7.60. The molecule has 0 unspecified atom stereocenters. The van der Waals surface area contributed by atoms with E-state index in [2.05, 4.69) is 5.32 Å². The molecule has 0 bridgehead atoms. The van der Waals surface area contributed by atoms with Gasteiger partial charge in [0, 0.05) is 20.1 Å². The summed E-state index contributed by atoms with van der Waals surface area (Å²) in [7, 11) is -2.07. The molecule has 0 amide bonds. The Morgan fingerprint density at radius 3 is 2.53 bits per heavy atom. The van der Waals surface area contributed by atoms with E-state index < -0.39 is 28.0 Å². The molecule has 1 aromatic rings. The number of aliphatic hydroxyl groups is 1. The monoisotopic (exact) mass is 288 g/mol. The molecule has 0 radical (unpaired) electrons. The number of nitrogens with zero attached hydrogens (tertiary/aromatic N) is 1. The van der Waals surface area contributed by atoms with Crippen LogP contribution in [0.5, 0.6) is 0 Å². The molecule has 2 atom stereocenters. The van der Waals surface area contributed by atoms with Crippen molar-refractivity contribution in [1.82, 2.24) is 9.62 Å². The molecular weight excluding hydrogens is 271 g/mol. The fourth-order valence-electron chi connectivity index (χ4n) is 2.12. The van der Waals surface area contributed by atoms with Crippen LogP contribution in [0.15, 0.2) is 24.3 Å². The number of likely N-dealkylation sites (N-methyl/N-ethyl adjacent to an activating group) is 1. The van der Waals surface area contributed by atoms with Crippen molar-refractivity contribution in [3.05, 3.63) is 35.6 Å². The highest BCUT2D eigenvalue weighted by molar-refractivity contribution is 7.88. The average molecular weight is 288 g/mol. The Balaban J connectivity index is 2.11. The summed E-state index contributed by atoms with van der Waals surface area (Å²) in [6, 6.07) is 4.91. The summed E-state index contributed by atoms with van der Waals surface area (Å²) in [6.07, 6.45) is -0.701. The molecule has 1 aromatic carbocycles. The number of nitrogens with one attached hydrogen (secondary N) is 1. The van der Waals surface area contributed by atoms with E-state index in [-0.39, 0.29) is 5.75 Å². The quantitative estimate of drug-likeness (QED) is 0.813. The van der Waals surface area contributed by atoms with Crippen molar-refractivity contribution < 1.29 is 17.9 Å². The van der Waals surface area contributed by atoms with E-state index in [4.69, 9.17) is 0 Å². The van der Waals surface area contributed by atoms with Gasteiger partial charge in [0.25, 0.3) is 0 Å². The first kappa shape index (κ1) is 14.4. The fourth-order valence-corrected chi connectivity index (χ4v) is 3.57. The molecule has 2 rings (SSSR count). The van der Waals surface area contributed by atoms with E-state index in [0.717, 1.165) is 0 Å². The highest BCUT2D eigenvalue weighted by atomic mass is 32.2. The standard InChI is InChI=1S/C12H17FN2O3S/c1-15(11-6-14-7-12(11)16)19(17,18)8-9-2-4-10(13)5-3-9/h2-5,11-12,14,16H,6-8H2,1H3/t11-,12-/m0/s1. The number of halogens is 1. The number of β-amino-alcohol motifs (C(OH)–C–C–N with tert-alkyl or cyclic N) is 1. The maximum absolute atomic E-state index is 12.8. The summed E-state index contributed by atoms with van der Waals surface area (Å²) in [4.78, 5) is 0. The number of aliphatic hydroxyl groups excluding tert-OH is 1. The van der Waals surface area contributed by atoms with Crippen molar-refractivity contribution in [2.45, 2.75) is 17.9 Å². The van der Waals surface area contributed by atoms with Gasteiger partial charge in [0.05, 0.1) is 17.9 Å². The Kier molecular flexibility index (Phi) is 4.19. The second-order valence-corrected chi connectivity index (χ2v) is 6.72. The largest absolute Gasteiger partial charge is 0.390 e.